The van der Waals surface area contributed by atoms with Crippen LogP contribution in [-0.2, 0) is 14.3 Å². The second kappa shape index (κ2) is 15.5. The van der Waals surface area contributed by atoms with Crippen LogP contribution in [0.3, 0.4) is 0 Å². The number of phenolic OH excluding ortho intramolecular Hbond substituents is 1. The summed E-state index contributed by atoms with van der Waals surface area (Å²) in [5, 5.41) is 56.1. The highest BCUT2D eigenvalue weighted by Gasteiger charge is 2.64. The lowest BCUT2D eigenvalue weighted by molar-refractivity contribution is -0.225. The maximum absolute atomic E-state index is 13.5. The molecule has 6 unspecified atom stereocenters. The lowest BCUT2D eigenvalue weighted by Crippen LogP contribution is -2.62. The quantitative estimate of drug-likeness (QED) is 0.123. The third-order valence-electron chi connectivity index (χ3n) is 9.62. The molecular weight excluding hydrogens is 648 g/mol. The number of oxime groups is 1. The number of hydrogen-bond donors (Lipinski definition) is 4. The van der Waals surface area contributed by atoms with Gasteiger partial charge in [-0.1, -0.05) is 29.3 Å². The van der Waals surface area contributed by atoms with Gasteiger partial charge in [-0.2, -0.15) is 0 Å². The zero-order valence-electron chi connectivity index (χ0n) is 29.5. The standard InChI is InChI=1S/C36H50N4O10/c1-6-47-33(44)31-32(34(45)48-7-2)40(39-37-31)28-20-26(38-50-35(3,4)5)24-18-21(12-8-10-16-41)23(13-9-11-17-42)29-25-19-22(43)14-15-27(25)49-36(28,46)30(24)29/h14-15,18-19,21,23,28-30,41-43,46H,6-13,16-17,20H2,1-5H3. The predicted octanol–water partition coefficient (Wildman–Crippen LogP) is 4.43. The number of ether oxygens (including phenoxy) is 3. The first-order valence-corrected chi connectivity index (χ1v) is 17.6. The molecule has 3 aliphatic rings. The van der Waals surface area contributed by atoms with Crippen LogP contribution in [0.4, 0.5) is 0 Å². The van der Waals surface area contributed by atoms with Gasteiger partial charge in [-0.15, -0.1) is 5.10 Å². The van der Waals surface area contributed by atoms with Crippen LogP contribution in [0.1, 0.15) is 118 Å². The van der Waals surface area contributed by atoms with E-state index in [9.17, 15) is 30.0 Å². The number of phenols is 1. The molecule has 0 spiro atoms. The van der Waals surface area contributed by atoms with Crippen molar-refractivity contribution in [3.05, 3.63) is 46.8 Å². The molecule has 0 amide bonds. The fourth-order valence-electron chi connectivity index (χ4n) is 7.64. The summed E-state index contributed by atoms with van der Waals surface area (Å²) in [5.74, 6) is -4.72. The van der Waals surface area contributed by atoms with Gasteiger partial charge in [0.05, 0.1) is 24.8 Å². The van der Waals surface area contributed by atoms with E-state index in [1.165, 1.54) is 10.7 Å². The molecule has 0 radical (unpaired) electrons. The number of aliphatic hydroxyl groups excluding tert-OH is 2. The van der Waals surface area contributed by atoms with E-state index in [0.29, 0.717) is 48.3 Å². The van der Waals surface area contributed by atoms with Gasteiger partial charge in [-0.25, -0.2) is 14.3 Å². The van der Waals surface area contributed by atoms with Crippen molar-refractivity contribution < 1.29 is 49.1 Å². The van der Waals surface area contributed by atoms with Crippen LogP contribution in [0, 0.1) is 17.8 Å². The number of aliphatic hydroxyl groups is 3. The van der Waals surface area contributed by atoms with E-state index in [2.05, 4.69) is 21.5 Å². The average Bonchev–Trinajstić information content (AvgIpc) is 3.50. The summed E-state index contributed by atoms with van der Waals surface area (Å²) in [6.07, 6.45) is 6.25. The maximum atomic E-state index is 13.5. The molecule has 2 heterocycles. The molecule has 1 fully saturated rings. The Bertz CT molecular complexity index is 1600. The van der Waals surface area contributed by atoms with Crippen molar-refractivity contribution in [2.75, 3.05) is 26.4 Å². The smallest absolute Gasteiger partial charge is 0.361 e. The minimum Gasteiger partial charge on any atom is -0.508 e. The van der Waals surface area contributed by atoms with Gasteiger partial charge in [0.25, 0.3) is 0 Å². The molecule has 50 heavy (non-hydrogen) atoms. The Hall–Kier alpha value is -4.01. The van der Waals surface area contributed by atoms with Gasteiger partial charge >= 0.3 is 11.9 Å². The third-order valence-corrected chi connectivity index (χ3v) is 9.62. The van der Waals surface area contributed by atoms with Crippen LogP contribution in [0.5, 0.6) is 11.5 Å². The van der Waals surface area contributed by atoms with Crippen LogP contribution in [0.2, 0.25) is 0 Å². The average molecular weight is 699 g/mol. The van der Waals surface area contributed by atoms with Crippen molar-refractivity contribution in [1.29, 1.82) is 0 Å². The van der Waals surface area contributed by atoms with Crippen molar-refractivity contribution in [1.82, 2.24) is 15.0 Å². The molecule has 0 bridgehead atoms. The van der Waals surface area contributed by atoms with Crippen LogP contribution in [-0.4, -0.2) is 90.9 Å². The molecule has 2 aliphatic carbocycles. The van der Waals surface area contributed by atoms with Gasteiger partial charge in [-0.05, 0) is 95.9 Å². The summed E-state index contributed by atoms with van der Waals surface area (Å²) in [6, 6.07) is 3.61. The van der Waals surface area contributed by atoms with Crippen LogP contribution < -0.4 is 4.74 Å². The van der Waals surface area contributed by atoms with Crippen LogP contribution in [0.15, 0.2) is 35.0 Å². The van der Waals surface area contributed by atoms with E-state index >= 15 is 0 Å². The second-order valence-electron chi connectivity index (χ2n) is 14.1. The van der Waals surface area contributed by atoms with E-state index < -0.39 is 41.2 Å². The molecule has 1 aromatic heterocycles. The van der Waals surface area contributed by atoms with Crippen molar-refractivity contribution in [2.45, 2.75) is 103 Å². The van der Waals surface area contributed by atoms with E-state index in [4.69, 9.17) is 19.0 Å². The lowest BCUT2D eigenvalue weighted by atomic mass is 9.55. The Morgan fingerprint density at radius 1 is 1.04 bits per heavy atom. The number of carbonyl (C=O) groups excluding carboxylic acids is 2. The Labute approximate surface area is 292 Å². The van der Waals surface area contributed by atoms with Gasteiger partial charge < -0.3 is 39.5 Å². The number of aromatic hydroxyl groups is 1. The predicted molar refractivity (Wildman–Crippen MR) is 181 cm³/mol. The summed E-state index contributed by atoms with van der Waals surface area (Å²) >= 11 is 0. The van der Waals surface area contributed by atoms with Gasteiger partial charge in [-0.3, -0.25) is 0 Å². The number of nitrogens with zero attached hydrogens (tertiary/aromatic N) is 4. The largest absolute Gasteiger partial charge is 0.508 e. The van der Waals surface area contributed by atoms with Crippen LogP contribution >= 0.6 is 0 Å². The Morgan fingerprint density at radius 3 is 2.38 bits per heavy atom. The number of esters is 2. The number of fused-ring (bicyclic) bond motifs is 2. The topological polar surface area (TPSA) is 195 Å². The first-order chi connectivity index (χ1) is 23.9. The Balaban J connectivity index is 1.77. The van der Waals surface area contributed by atoms with E-state index in [1.54, 1.807) is 26.0 Å². The zero-order chi connectivity index (χ0) is 36.2. The number of benzene rings is 1. The normalized spacial score (nSPS) is 26.4. The minimum absolute atomic E-state index is 0.00544. The SMILES string of the molecule is CCOC(=O)c1nnn(C2CC(=NOC(C)(C)C)C3=CC(CCCCO)C(CCCCO)C4c5cc(O)ccc5OC2(O)C34)c1C(=O)OCC. The summed E-state index contributed by atoms with van der Waals surface area (Å²) in [4.78, 5) is 32.5. The summed E-state index contributed by atoms with van der Waals surface area (Å²) in [6.45, 7) is 9.00. The first-order valence-electron chi connectivity index (χ1n) is 17.6. The van der Waals surface area contributed by atoms with Gasteiger partial charge in [0.2, 0.25) is 11.5 Å². The van der Waals surface area contributed by atoms with Crippen molar-refractivity contribution in [3.8, 4) is 11.5 Å². The van der Waals surface area contributed by atoms with Crippen molar-refractivity contribution in [3.63, 3.8) is 0 Å². The molecule has 14 heteroatoms. The molecule has 1 aromatic carbocycles. The molecule has 274 valence electrons. The van der Waals surface area contributed by atoms with Gasteiger partial charge in [0.15, 0.2) is 5.69 Å². The number of rotatable bonds is 14. The highest BCUT2D eigenvalue weighted by Crippen LogP contribution is 2.62. The summed E-state index contributed by atoms with van der Waals surface area (Å²) in [5.41, 5.74) is 0.608. The van der Waals surface area contributed by atoms with Crippen molar-refractivity contribution >= 4 is 17.7 Å². The third kappa shape index (κ3) is 7.38. The minimum atomic E-state index is -2.06. The summed E-state index contributed by atoms with van der Waals surface area (Å²) in [7, 11) is 0. The number of carbonyl (C=O) groups is 2. The van der Waals surface area contributed by atoms with Crippen LogP contribution in [0.25, 0.3) is 0 Å². The first kappa shape index (κ1) is 37.3. The Morgan fingerprint density at radius 2 is 1.72 bits per heavy atom. The monoisotopic (exact) mass is 698 g/mol. The molecule has 2 aromatic rings. The molecule has 6 atom stereocenters. The molecule has 5 rings (SSSR count). The van der Waals surface area contributed by atoms with E-state index in [1.807, 2.05) is 20.8 Å². The molecule has 0 saturated heterocycles. The number of hydrogen-bond acceptors (Lipinski definition) is 13. The van der Waals surface area contributed by atoms with Gasteiger partial charge in [0, 0.05) is 31.1 Å². The lowest BCUT2D eigenvalue weighted by Gasteiger charge is -2.56. The number of unbranched alkanes of at least 4 members (excludes halogenated alkanes) is 2. The van der Waals surface area contributed by atoms with Gasteiger partial charge in [0.1, 0.15) is 23.1 Å². The number of aromatic nitrogens is 3. The second-order valence-corrected chi connectivity index (χ2v) is 14.1. The van der Waals surface area contributed by atoms with Crippen molar-refractivity contribution in [2.24, 2.45) is 22.9 Å². The molecule has 1 aliphatic heterocycles. The molecular formula is C36H50N4O10. The highest BCUT2D eigenvalue weighted by molar-refractivity contribution is 6.03. The fourth-order valence-corrected chi connectivity index (χ4v) is 7.64. The molecule has 14 nitrogen and oxygen atoms in total. The summed E-state index contributed by atoms with van der Waals surface area (Å²) < 4.78 is 18.3. The van der Waals surface area contributed by atoms with E-state index in [-0.39, 0.29) is 61.8 Å². The van der Waals surface area contributed by atoms with E-state index in [0.717, 1.165) is 12.8 Å². The highest BCUT2D eigenvalue weighted by atomic mass is 16.6. The Kier molecular flexibility index (Phi) is 11.5. The molecule has 4 N–H and O–H groups in total. The maximum Gasteiger partial charge on any atom is 0.361 e. The molecule has 1 saturated carbocycles. The fraction of sp³-hybridized carbons (Fsp3) is 0.639. The number of allylic oxidation sites excluding steroid dienone is 1. The zero-order valence-corrected chi connectivity index (χ0v) is 29.5.